The van der Waals surface area contributed by atoms with Gasteiger partial charge in [-0.3, -0.25) is 14.8 Å². The molecule has 1 spiro atoms. The van der Waals surface area contributed by atoms with Crippen molar-refractivity contribution in [3.8, 4) is 0 Å². The fraction of sp³-hybridized carbons (Fsp3) is 0.911. The summed E-state index contributed by atoms with van der Waals surface area (Å²) in [6.07, 6.45) is 24.1. The van der Waals surface area contributed by atoms with Gasteiger partial charge in [0, 0.05) is 30.6 Å². The minimum atomic E-state index is -0.471. The highest BCUT2D eigenvalue weighted by atomic mass is 16.7. The molecule has 0 aromatic carbocycles. The number of hydrogen-bond donors (Lipinski definition) is 0. The predicted octanol–water partition coefficient (Wildman–Crippen LogP) is 12.4. The van der Waals surface area contributed by atoms with Crippen LogP contribution in [0.15, 0.2) is 0 Å². The number of aromatic nitrogens is 2. The lowest BCUT2D eigenvalue weighted by molar-refractivity contribution is -0.274. The molecule has 11 rings (SSSR count). The molecule has 0 radical (unpaired) electrons. The SMILES string of the molecule is CC(=O)OC1CC2C(CCC3Cc4nc5c(nc4CC32C)CC2CCC3C(CCC4(C)C(C(C)CCCC(C)C)CCC34)C2(C)C5)C2CC3OC4(CCC(C)CO4)C(C)C3C12C. The molecule has 10 aliphatic rings. The summed E-state index contributed by atoms with van der Waals surface area (Å²) in [4.78, 5) is 24.5. The average molecular weight is 851 g/mol. The highest BCUT2D eigenvalue weighted by molar-refractivity contribution is 5.66. The first-order valence-corrected chi connectivity index (χ1v) is 26.8. The highest BCUT2D eigenvalue weighted by Gasteiger charge is 2.73. The maximum Gasteiger partial charge on any atom is 0.302 e. The zero-order valence-corrected chi connectivity index (χ0v) is 40.9. The molecule has 0 bridgehead atoms. The number of hydrogen-bond acceptors (Lipinski definition) is 6. The fourth-order valence-corrected chi connectivity index (χ4v) is 20.0. The minimum Gasteiger partial charge on any atom is -0.462 e. The van der Waals surface area contributed by atoms with Gasteiger partial charge in [-0.2, -0.15) is 0 Å². The second-order valence-electron chi connectivity index (χ2n) is 26.3. The molecule has 20 unspecified atom stereocenters. The van der Waals surface area contributed by atoms with Gasteiger partial charge in [0.25, 0.3) is 0 Å². The molecule has 1 aromatic rings. The highest BCUT2D eigenvalue weighted by Crippen LogP contribution is 2.72. The van der Waals surface area contributed by atoms with Crippen molar-refractivity contribution in [2.45, 2.75) is 209 Å². The number of fused-ring (bicyclic) bond motifs is 14. The van der Waals surface area contributed by atoms with Crippen molar-refractivity contribution in [3.63, 3.8) is 0 Å². The normalized spacial score (nSPS) is 51.5. The quantitative estimate of drug-likeness (QED) is 0.266. The second kappa shape index (κ2) is 15.0. The molecule has 0 amide bonds. The van der Waals surface area contributed by atoms with E-state index in [1.807, 2.05) is 0 Å². The lowest BCUT2D eigenvalue weighted by Crippen LogP contribution is -2.60. The van der Waals surface area contributed by atoms with Crippen LogP contribution in [0.4, 0.5) is 0 Å². The van der Waals surface area contributed by atoms with Crippen molar-refractivity contribution in [3.05, 3.63) is 22.8 Å². The number of carbonyl (C=O) groups excluding carboxylic acids is 1. The Hall–Kier alpha value is -1.53. The Morgan fingerprint density at radius 2 is 1.37 bits per heavy atom. The van der Waals surface area contributed by atoms with Crippen molar-refractivity contribution < 1.29 is 19.0 Å². The van der Waals surface area contributed by atoms with Gasteiger partial charge in [-0.05, 0) is 184 Å². The molecule has 1 aromatic heterocycles. The van der Waals surface area contributed by atoms with Crippen LogP contribution in [0.5, 0.6) is 0 Å². The van der Waals surface area contributed by atoms with E-state index in [-0.39, 0.29) is 29.0 Å². The third kappa shape index (κ3) is 6.20. The number of rotatable bonds is 6. The lowest BCUT2D eigenvalue weighted by atomic mass is 9.43. The van der Waals surface area contributed by atoms with E-state index >= 15 is 0 Å². The van der Waals surface area contributed by atoms with E-state index in [0.29, 0.717) is 52.3 Å². The summed E-state index contributed by atoms with van der Waals surface area (Å²) in [6.45, 7) is 25.2. The Labute approximate surface area is 376 Å². The smallest absolute Gasteiger partial charge is 0.302 e. The standard InChI is InChI=1S/C56H86N2O4/c1-31(2)12-11-13-33(4)40-18-19-41-38-16-14-36-24-45-47(28-53(36,8)42(38)21-22-52(40,41)7)57-46-25-37-15-17-39-43(54(37,9)29-48(46)58-45)27-50(61-35(6)59)55(10)44(39)26-49-51(55)34(5)56(62-49)23-20-32(3)30-60-56/h31-34,36-44,49-51H,11-30H2,1-10H3. The maximum atomic E-state index is 13.0. The molecular weight excluding hydrogens is 765 g/mol. The summed E-state index contributed by atoms with van der Waals surface area (Å²) < 4.78 is 20.4. The Morgan fingerprint density at radius 1 is 0.726 bits per heavy atom. The molecule has 62 heavy (non-hydrogen) atoms. The van der Waals surface area contributed by atoms with E-state index < -0.39 is 5.79 Å². The minimum absolute atomic E-state index is 0.0877. The van der Waals surface area contributed by atoms with Gasteiger partial charge in [-0.15, -0.1) is 0 Å². The van der Waals surface area contributed by atoms with Crippen molar-refractivity contribution >= 4 is 5.97 Å². The number of carbonyl (C=O) groups is 1. The first-order chi connectivity index (χ1) is 29.5. The van der Waals surface area contributed by atoms with E-state index in [9.17, 15) is 4.79 Å². The van der Waals surface area contributed by atoms with Crippen LogP contribution in [-0.4, -0.2) is 40.5 Å². The van der Waals surface area contributed by atoms with Crippen molar-refractivity contribution in [1.82, 2.24) is 9.97 Å². The van der Waals surface area contributed by atoms with Crippen molar-refractivity contribution in [2.75, 3.05) is 6.61 Å². The van der Waals surface area contributed by atoms with Gasteiger partial charge in [0.2, 0.25) is 0 Å². The monoisotopic (exact) mass is 851 g/mol. The molecule has 2 aliphatic heterocycles. The maximum absolute atomic E-state index is 13.0. The first-order valence-electron chi connectivity index (χ1n) is 26.8. The molecule has 344 valence electrons. The number of ether oxygens (including phenoxy) is 3. The van der Waals surface area contributed by atoms with E-state index in [1.165, 1.54) is 93.4 Å². The Morgan fingerprint density at radius 3 is 2.00 bits per heavy atom. The van der Waals surface area contributed by atoms with Gasteiger partial charge in [-0.1, -0.05) is 81.6 Å². The second-order valence-corrected chi connectivity index (χ2v) is 26.3. The Kier molecular flexibility index (Phi) is 10.4. The average Bonchev–Trinajstić information content (AvgIpc) is 3.82. The third-order valence-corrected chi connectivity index (χ3v) is 23.2. The van der Waals surface area contributed by atoms with Crippen LogP contribution in [0, 0.1) is 105 Å². The molecule has 8 fully saturated rings. The topological polar surface area (TPSA) is 70.5 Å². The third-order valence-electron chi connectivity index (χ3n) is 23.2. The van der Waals surface area contributed by atoms with Gasteiger partial charge in [0.15, 0.2) is 5.79 Å². The van der Waals surface area contributed by atoms with Gasteiger partial charge >= 0.3 is 5.97 Å². The van der Waals surface area contributed by atoms with E-state index in [1.54, 1.807) is 6.92 Å². The van der Waals surface area contributed by atoms with Crippen LogP contribution >= 0.6 is 0 Å². The summed E-state index contributed by atoms with van der Waals surface area (Å²) in [5.74, 6) is 8.90. The Balaban J connectivity index is 0.828. The molecule has 3 heterocycles. The molecule has 20 atom stereocenters. The number of esters is 1. The van der Waals surface area contributed by atoms with Crippen LogP contribution in [0.25, 0.3) is 0 Å². The summed E-state index contributed by atoms with van der Waals surface area (Å²) in [6, 6.07) is 0. The molecule has 2 saturated heterocycles. The van der Waals surface area contributed by atoms with Crippen LogP contribution in [-0.2, 0) is 44.7 Å². The molecule has 6 saturated carbocycles. The lowest BCUT2D eigenvalue weighted by Gasteiger charge is -2.62. The van der Waals surface area contributed by atoms with Gasteiger partial charge < -0.3 is 14.2 Å². The van der Waals surface area contributed by atoms with Gasteiger partial charge in [0.1, 0.15) is 6.10 Å². The van der Waals surface area contributed by atoms with Crippen molar-refractivity contribution in [1.29, 1.82) is 0 Å². The van der Waals surface area contributed by atoms with Crippen LogP contribution < -0.4 is 0 Å². The predicted molar refractivity (Wildman–Crippen MR) is 245 cm³/mol. The molecule has 0 N–H and O–H groups in total. The van der Waals surface area contributed by atoms with E-state index in [0.717, 1.165) is 99.4 Å². The summed E-state index contributed by atoms with van der Waals surface area (Å²) in [5, 5.41) is 0. The van der Waals surface area contributed by atoms with Gasteiger partial charge in [0.05, 0.1) is 35.5 Å². The summed E-state index contributed by atoms with van der Waals surface area (Å²) >= 11 is 0. The zero-order valence-electron chi connectivity index (χ0n) is 40.9. The van der Waals surface area contributed by atoms with E-state index in [4.69, 9.17) is 24.2 Å². The Bertz CT molecular complexity index is 1900. The summed E-state index contributed by atoms with van der Waals surface area (Å²) in [5.41, 5.74) is 6.31. The van der Waals surface area contributed by atoms with Crippen LogP contribution in [0.3, 0.4) is 0 Å². The molecule has 6 nitrogen and oxygen atoms in total. The van der Waals surface area contributed by atoms with Crippen LogP contribution in [0.2, 0.25) is 0 Å². The van der Waals surface area contributed by atoms with Gasteiger partial charge in [-0.25, -0.2) is 0 Å². The molecular formula is C56H86N2O4. The van der Waals surface area contributed by atoms with Crippen LogP contribution in [0.1, 0.15) is 188 Å². The number of nitrogens with zero attached hydrogens (tertiary/aromatic N) is 2. The summed E-state index contributed by atoms with van der Waals surface area (Å²) in [7, 11) is 0. The molecule has 6 heteroatoms. The zero-order chi connectivity index (χ0) is 43.3. The van der Waals surface area contributed by atoms with Crippen molar-refractivity contribution in [2.24, 2.45) is 105 Å². The van der Waals surface area contributed by atoms with E-state index in [2.05, 4.69) is 62.3 Å². The largest absolute Gasteiger partial charge is 0.462 e. The fourth-order valence-electron chi connectivity index (χ4n) is 20.0. The first kappa shape index (κ1) is 43.1. The molecule has 8 aliphatic carbocycles.